The van der Waals surface area contributed by atoms with Gasteiger partial charge in [0.1, 0.15) is 0 Å². The molecule has 1 unspecified atom stereocenters. The monoisotopic (exact) mass is 334 g/mol. The number of carbonyl (C=O) groups is 1. The third-order valence-corrected chi connectivity index (χ3v) is 4.23. The van der Waals surface area contributed by atoms with Gasteiger partial charge in [-0.3, -0.25) is 15.0 Å². The number of hydrogen-bond acceptors (Lipinski definition) is 4. The lowest BCUT2D eigenvalue weighted by Gasteiger charge is -2.29. The summed E-state index contributed by atoms with van der Waals surface area (Å²) < 4.78 is 0. The summed E-state index contributed by atoms with van der Waals surface area (Å²) >= 11 is 0. The standard InChI is InChI=1S/C17H26N4O3/c1-13(2)11-16(20-9-3-4-10-20)12-18-17(22)19-14-5-7-15(8-6-14)21(23)24/h5-8,13,16H,3-4,9-12H2,1-2H3,(H2,18,19,22). The van der Waals surface area contributed by atoms with Crippen LogP contribution in [0, 0.1) is 16.0 Å². The second-order valence-electron chi connectivity index (χ2n) is 6.67. The number of nitrogens with zero attached hydrogens (tertiary/aromatic N) is 2. The van der Waals surface area contributed by atoms with Crippen LogP contribution in [-0.2, 0) is 0 Å². The van der Waals surface area contributed by atoms with E-state index in [9.17, 15) is 14.9 Å². The van der Waals surface area contributed by atoms with Gasteiger partial charge in [0.05, 0.1) is 4.92 Å². The lowest BCUT2D eigenvalue weighted by Crippen LogP contribution is -2.44. The van der Waals surface area contributed by atoms with Crippen molar-refractivity contribution in [2.24, 2.45) is 5.92 Å². The minimum absolute atomic E-state index is 0.00647. The van der Waals surface area contributed by atoms with Gasteiger partial charge in [-0.1, -0.05) is 13.8 Å². The number of carbonyl (C=O) groups excluding carboxylic acids is 1. The molecule has 0 aromatic heterocycles. The Morgan fingerprint density at radius 1 is 1.25 bits per heavy atom. The predicted molar refractivity (Wildman–Crippen MR) is 94.2 cm³/mol. The molecule has 0 bridgehead atoms. The van der Waals surface area contributed by atoms with Crippen molar-refractivity contribution in [1.82, 2.24) is 10.2 Å². The average molecular weight is 334 g/mol. The van der Waals surface area contributed by atoms with E-state index in [1.54, 1.807) is 0 Å². The number of likely N-dealkylation sites (tertiary alicyclic amines) is 1. The minimum atomic E-state index is -0.462. The molecular formula is C17H26N4O3. The van der Waals surface area contributed by atoms with Crippen LogP contribution in [0.2, 0.25) is 0 Å². The summed E-state index contributed by atoms with van der Waals surface area (Å²) in [5.74, 6) is 0.579. The number of non-ortho nitro benzene ring substituents is 1. The molecule has 7 heteroatoms. The first-order valence-electron chi connectivity index (χ1n) is 8.49. The van der Waals surface area contributed by atoms with Crippen molar-refractivity contribution in [3.8, 4) is 0 Å². The van der Waals surface area contributed by atoms with Gasteiger partial charge in [0.2, 0.25) is 0 Å². The molecule has 0 radical (unpaired) electrons. The topological polar surface area (TPSA) is 87.5 Å². The summed E-state index contributed by atoms with van der Waals surface area (Å²) in [6, 6.07) is 5.89. The van der Waals surface area contributed by atoms with Crippen LogP contribution >= 0.6 is 0 Å². The average Bonchev–Trinajstić information content (AvgIpc) is 3.06. The highest BCUT2D eigenvalue weighted by Gasteiger charge is 2.23. The van der Waals surface area contributed by atoms with Crippen LogP contribution in [0.1, 0.15) is 33.1 Å². The number of rotatable bonds is 7. The van der Waals surface area contributed by atoms with Gasteiger partial charge in [0.15, 0.2) is 0 Å². The Balaban J connectivity index is 1.84. The van der Waals surface area contributed by atoms with Gasteiger partial charge in [-0.05, 0) is 50.4 Å². The molecule has 0 aliphatic carbocycles. The molecule has 1 aromatic carbocycles. The third kappa shape index (κ3) is 5.49. The maximum atomic E-state index is 12.1. The lowest BCUT2D eigenvalue weighted by molar-refractivity contribution is -0.384. The summed E-state index contributed by atoms with van der Waals surface area (Å²) in [7, 11) is 0. The van der Waals surface area contributed by atoms with E-state index in [2.05, 4.69) is 29.4 Å². The fourth-order valence-corrected chi connectivity index (χ4v) is 3.06. The number of benzene rings is 1. The Bertz CT molecular complexity index is 553. The fourth-order valence-electron chi connectivity index (χ4n) is 3.06. The highest BCUT2D eigenvalue weighted by Crippen LogP contribution is 2.18. The molecule has 1 heterocycles. The van der Waals surface area contributed by atoms with E-state index in [0.717, 1.165) is 19.5 Å². The second kappa shape index (κ2) is 8.63. The Kier molecular flexibility index (Phi) is 6.54. The first-order chi connectivity index (χ1) is 11.5. The van der Waals surface area contributed by atoms with Gasteiger partial charge >= 0.3 is 6.03 Å². The number of hydrogen-bond donors (Lipinski definition) is 2. The molecular weight excluding hydrogens is 308 g/mol. The highest BCUT2D eigenvalue weighted by atomic mass is 16.6. The lowest BCUT2D eigenvalue weighted by atomic mass is 10.0. The van der Waals surface area contributed by atoms with Crippen molar-refractivity contribution in [2.45, 2.75) is 39.2 Å². The zero-order valence-corrected chi connectivity index (χ0v) is 14.3. The number of amides is 2. The molecule has 1 fully saturated rings. The molecule has 1 aliphatic heterocycles. The van der Waals surface area contributed by atoms with Gasteiger partial charge in [-0.15, -0.1) is 0 Å². The van der Waals surface area contributed by atoms with Gasteiger partial charge in [-0.2, -0.15) is 0 Å². The van der Waals surface area contributed by atoms with E-state index >= 15 is 0 Å². The van der Waals surface area contributed by atoms with E-state index in [-0.39, 0.29) is 11.7 Å². The summed E-state index contributed by atoms with van der Waals surface area (Å²) in [6.07, 6.45) is 3.50. The van der Waals surface area contributed by atoms with E-state index in [1.807, 2.05) is 0 Å². The van der Waals surface area contributed by atoms with Gasteiger partial charge in [0.25, 0.3) is 5.69 Å². The van der Waals surface area contributed by atoms with Crippen LogP contribution in [0.3, 0.4) is 0 Å². The van der Waals surface area contributed by atoms with Gasteiger partial charge in [0, 0.05) is 30.4 Å². The SMILES string of the molecule is CC(C)CC(CNC(=O)Nc1ccc([N+](=O)[O-])cc1)N1CCCC1. The molecule has 2 rings (SSSR count). The largest absolute Gasteiger partial charge is 0.336 e. The molecule has 1 aromatic rings. The van der Waals surface area contributed by atoms with Crippen molar-refractivity contribution in [2.75, 3.05) is 25.0 Å². The zero-order chi connectivity index (χ0) is 17.5. The zero-order valence-electron chi connectivity index (χ0n) is 14.3. The predicted octanol–water partition coefficient (Wildman–Crippen LogP) is 3.23. The fraction of sp³-hybridized carbons (Fsp3) is 0.588. The first kappa shape index (κ1) is 18.2. The number of nitrogens with one attached hydrogen (secondary N) is 2. The smallest absolute Gasteiger partial charge is 0.319 e. The first-order valence-corrected chi connectivity index (χ1v) is 8.49. The Morgan fingerprint density at radius 3 is 2.42 bits per heavy atom. The Hall–Kier alpha value is -2.15. The number of anilines is 1. The van der Waals surface area contributed by atoms with Crippen molar-refractivity contribution < 1.29 is 9.72 Å². The molecule has 2 N–H and O–H groups in total. The maximum Gasteiger partial charge on any atom is 0.319 e. The maximum absolute atomic E-state index is 12.1. The van der Waals surface area contributed by atoms with E-state index in [0.29, 0.717) is 24.2 Å². The van der Waals surface area contributed by atoms with Crippen molar-refractivity contribution in [1.29, 1.82) is 0 Å². The molecule has 1 atom stereocenters. The molecule has 7 nitrogen and oxygen atoms in total. The van der Waals surface area contributed by atoms with Crippen LogP contribution in [0.15, 0.2) is 24.3 Å². The third-order valence-electron chi connectivity index (χ3n) is 4.23. The van der Waals surface area contributed by atoms with E-state index in [4.69, 9.17) is 0 Å². The Labute approximate surface area is 142 Å². The molecule has 0 spiro atoms. The van der Waals surface area contributed by atoms with Crippen molar-refractivity contribution in [3.05, 3.63) is 34.4 Å². The molecule has 1 aliphatic rings. The molecule has 1 saturated heterocycles. The normalized spacial score (nSPS) is 16.1. The highest BCUT2D eigenvalue weighted by molar-refractivity contribution is 5.89. The summed E-state index contributed by atoms with van der Waals surface area (Å²) in [5.41, 5.74) is 0.548. The van der Waals surface area contributed by atoms with Gasteiger partial charge < -0.3 is 10.6 Å². The van der Waals surface area contributed by atoms with Crippen LogP contribution in [-0.4, -0.2) is 41.5 Å². The quantitative estimate of drug-likeness (QED) is 0.592. The molecule has 2 amide bonds. The number of urea groups is 1. The summed E-state index contributed by atoms with van der Waals surface area (Å²) in [6.45, 7) is 7.20. The van der Waals surface area contributed by atoms with Crippen molar-refractivity contribution in [3.63, 3.8) is 0 Å². The summed E-state index contributed by atoms with van der Waals surface area (Å²) in [4.78, 5) is 24.7. The van der Waals surface area contributed by atoms with Crippen LogP contribution in [0.4, 0.5) is 16.2 Å². The van der Waals surface area contributed by atoms with Crippen LogP contribution < -0.4 is 10.6 Å². The second-order valence-corrected chi connectivity index (χ2v) is 6.67. The molecule has 132 valence electrons. The van der Waals surface area contributed by atoms with Crippen LogP contribution in [0.5, 0.6) is 0 Å². The number of nitro groups is 1. The molecule has 0 saturated carbocycles. The van der Waals surface area contributed by atoms with Crippen LogP contribution in [0.25, 0.3) is 0 Å². The number of nitro benzene ring substituents is 1. The van der Waals surface area contributed by atoms with Gasteiger partial charge in [-0.25, -0.2) is 4.79 Å². The minimum Gasteiger partial charge on any atom is -0.336 e. The van der Waals surface area contributed by atoms with E-state index in [1.165, 1.54) is 37.1 Å². The van der Waals surface area contributed by atoms with Crippen molar-refractivity contribution >= 4 is 17.4 Å². The Morgan fingerprint density at radius 2 is 1.88 bits per heavy atom. The molecule has 24 heavy (non-hydrogen) atoms. The van der Waals surface area contributed by atoms with E-state index < -0.39 is 4.92 Å². The summed E-state index contributed by atoms with van der Waals surface area (Å²) in [5, 5.41) is 16.3.